The molecule has 0 aliphatic heterocycles. The van der Waals surface area contributed by atoms with Crippen molar-refractivity contribution in [1.82, 2.24) is 0 Å². The molecular weight excluding hydrogens is 560 g/mol. The lowest BCUT2D eigenvalue weighted by atomic mass is 9.46. The van der Waals surface area contributed by atoms with E-state index in [9.17, 15) is 19.2 Å². The van der Waals surface area contributed by atoms with E-state index in [-0.39, 0.29) is 69.5 Å². The van der Waals surface area contributed by atoms with Crippen LogP contribution in [0, 0.1) is 51.2 Å². The quantitative estimate of drug-likeness (QED) is 0.240. The Bertz CT molecular complexity index is 1290. The Labute approximate surface area is 258 Å². The number of hydrogen-bond acceptors (Lipinski definition) is 7. The monoisotopic (exact) mass is 612 g/mol. The Kier molecular flexibility index (Phi) is 7.50. The summed E-state index contributed by atoms with van der Waals surface area (Å²) in [5, 5.41) is 0. The molecule has 5 rings (SSSR count). The van der Waals surface area contributed by atoms with Crippen molar-refractivity contribution in [2.45, 2.75) is 112 Å². The number of carbonyl (C=O) groups excluding carboxylic acids is 4. The third kappa shape index (κ3) is 4.67. The Balaban J connectivity index is 1.63. The molecule has 0 unspecified atom stereocenters. The second kappa shape index (κ2) is 9.97. The lowest BCUT2D eigenvalue weighted by Gasteiger charge is -2.61. The summed E-state index contributed by atoms with van der Waals surface area (Å²) in [7, 11) is -2.07. The fourth-order valence-corrected chi connectivity index (χ4v) is 11.5. The topological polar surface area (TPSA) is 96.0 Å². The highest BCUT2D eigenvalue weighted by Crippen LogP contribution is 2.72. The largest absolute Gasteiger partial charge is 0.458 e. The lowest BCUT2D eigenvalue weighted by molar-refractivity contribution is -0.206. The van der Waals surface area contributed by atoms with E-state index < -0.39 is 31.9 Å². The SMILES string of the molecule is CC(=O)OCC(=O)[C@@]1(OC(=O)C2C(C)(C)C2(C)C)[C@@H](C)C[C@H]2[C@@H]3CCC4=CC(=O)C=C[C@]4(C)[C@H]3[C@@H](O[Si](C)(C)C)C[C@@]21C. The third-order valence-electron chi connectivity index (χ3n) is 12.9. The molecule has 0 saturated heterocycles. The van der Waals surface area contributed by atoms with E-state index in [1.54, 1.807) is 6.08 Å². The van der Waals surface area contributed by atoms with Crippen molar-refractivity contribution < 1.29 is 33.1 Å². The first-order chi connectivity index (χ1) is 19.6. The number of fused-ring (bicyclic) bond motifs is 5. The summed E-state index contributed by atoms with van der Waals surface area (Å²) in [6, 6.07) is 0. The highest BCUT2D eigenvalue weighted by atomic mass is 28.4. The van der Waals surface area contributed by atoms with Gasteiger partial charge in [-0.15, -0.1) is 0 Å². The highest BCUT2D eigenvalue weighted by Gasteiger charge is 2.76. The Morgan fingerprint density at radius 2 is 1.65 bits per heavy atom. The molecule has 0 amide bonds. The van der Waals surface area contributed by atoms with Crippen LogP contribution in [0.25, 0.3) is 0 Å². The first kappa shape index (κ1) is 32.3. The molecule has 43 heavy (non-hydrogen) atoms. The van der Waals surface area contributed by atoms with Gasteiger partial charge < -0.3 is 13.9 Å². The predicted molar refractivity (Wildman–Crippen MR) is 166 cm³/mol. The number of Topliss-reactive ketones (excluding diaryl/α,β-unsaturated/α-hetero) is 1. The summed E-state index contributed by atoms with van der Waals surface area (Å²) < 4.78 is 19.1. The van der Waals surface area contributed by atoms with Gasteiger partial charge in [0.25, 0.3) is 0 Å². The van der Waals surface area contributed by atoms with Crippen molar-refractivity contribution in [2.24, 2.45) is 51.2 Å². The van der Waals surface area contributed by atoms with E-state index in [0.717, 1.165) is 19.3 Å². The predicted octanol–water partition coefficient (Wildman–Crippen LogP) is 6.47. The molecule has 5 aliphatic rings. The Morgan fingerprint density at radius 3 is 2.21 bits per heavy atom. The minimum Gasteiger partial charge on any atom is -0.458 e. The van der Waals surface area contributed by atoms with E-state index >= 15 is 0 Å². The van der Waals surface area contributed by atoms with E-state index in [4.69, 9.17) is 13.9 Å². The van der Waals surface area contributed by atoms with Crippen LogP contribution >= 0.6 is 0 Å². The number of ketones is 2. The van der Waals surface area contributed by atoms with Crippen LogP contribution in [-0.4, -0.2) is 50.1 Å². The van der Waals surface area contributed by atoms with Crippen LogP contribution in [0.5, 0.6) is 0 Å². The first-order valence-corrected chi connectivity index (χ1v) is 19.6. The van der Waals surface area contributed by atoms with E-state index in [2.05, 4.69) is 67.3 Å². The molecule has 0 N–H and O–H groups in total. The van der Waals surface area contributed by atoms with E-state index in [0.29, 0.717) is 6.42 Å². The summed E-state index contributed by atoms with van der Waals surface area (Å²) in [6.45, 7) is 22.2. The van der Waals surface area contributed by atoms with Gasteiger partial charge in [0.1, 0.15) is 0 Å². The van der Waals surface area contributed by atoms with Crippen LogP contribution in [0.3, 0.4) is 0 Å². The maximum Gasteiger partial charge on any atom is 0.311 e. The summed E-state index contributed by atoms with van der Waals surface area (Å²) in [4.78, 5) is 52.9. The van der Waals surface area contributed by atoms with Crippen molar-refractivity contribution in [1.29, 1.82) is 0 Å². The van der Waals surface area contributed by atoms with Gasteiger partial charge in [0.15, 0.2) is 26.3 Å². The molecule has 5 aliphatic carbocycles. The summed E-state index contributed by atoms with van der Waals surface area (Å²) in [5.41, 5.74) is -1.82. The van der Waals surface area contributed by atoms with Crippen molar-refractivity contribution in [2.75, 3.05) is 6.61 Å². The number of esters is 2. The minimum atomic E-state index is -2.07. The molecular formula is C35H52O7Si. The van der Waals surface area contributed by atoms with Gasteiger partial charge in [-0.05, 0) is 86.1 Å². The molecule has 0 spiro atoms. The molecule has 4 fully saturated rings. The van der Waals surface area contributed by atoms with Crippen molar-refractivity contribution in [3.05, 3.63) is 23.8 Å². The standard InChI is InChI=1S/C35H52O7Si/c1-20-16-25-24-13-12-22-17-23(37)14-15-33(22,7)28(24)26(42-43(9,10)11)18-34(25,8)35(20,27(38)19-40-21(2)36)41-30(39)29-31(3,4)32(29,5)6/h14-15,17,20,24-26,28-29H,12-13,16,18-19H2,1-11H3/t20-,24-,25-,26-,28+,33-,34-,35-/m0/s1. The molecule has 4 saturated carbocycles. The van der Waals surface area contributed by atoms with E-state index in [1.807, 2.05) is 13.0 Å². The van der Waals surface area contributed by atoms with Gasteiger partial charge in [-0.2, -0.15) is 0 Å². The minimum absolute atomic E-state index is 0.0386. The maximum absolute atomic E-state index is 14.5. The van der Waals surface area contributed by atoms with E-state index in [1.165, 1.54) is 12.5 Å². The molecule has 7 nitrogen and oxygen atoms in total. The molecule has 0 radical (unpaired) electrons. The van der Waals surface area contributed by atoms with Crippen LogP contribution in [0.4, 0.5) is 0 Å². The van der Waals surface area contributed by atoms with Crippen LogP contribution in [-0.2, 0) is 33.1 Å². The highest BCUT2D eigenvalue weighted by molar-refractivity contribution is 6.69. The van der Waals surface area contributed by atoms with Gasteiger partial charge in [0, 0.05) is 29.8 Å². The fourth-order valence-electron chi connectivity index (χ4n) is 10.3. The zero-order valence-corrected chi connectivity index (χ0v) is 29.1. The molecule has 8 heteroatoms. The number of carbonyl (C=O) groups is 4. The van der Waals surface area contributed by atoms with Crippen molar-refractivity contribution in [3.8, 4) is 0 Å². The van der Waals surface area contributed by atoms with Crippen molar-refractivity contribution >= 4 is 31.8 Å². The maximum atomic E-state index is 14.5. The zero-order chi connectivity index (χ0) is 32.1. The molecule has 0 heterocycles. The Morgan fingerprint density at radius 1 is 1.02 bits per heavy atom. The summed E-state index contributed by atoms with van der Waals surface area (Å²) >= 11 is 0. The van der Waals surface area contributed by atoms with Crippen LogP contribution in [0.15, 0.2) is 23.8 Å². The lowest BCUT2D eigenvalue weighted by Crippen LogP contribution is -2.65. The smallest absolute Gasteiger partial charge is 0.311 e. The van der Waals surface area contributed by atoms with Gasteiger partial charge in [0.05, 0.1) is 5.92 Å². The van der Waals surface area contributed by atoms with Gasteiger partial charge in [-0.3, -0.25) is 19.2 Å². The molecule has 0 aromatic rings. The number of allylic oxidation sites excluding steroid dienone is 4. The van der Waals surface area contributed by atoms with Gasteiger partial charge in [-0.25, -0.2) is 0 Å². The van der Waals surface area contributed by atoms with Gasteiger partial charge >= 0.3 is 11.9 Å². The second-order valence-electron chi connectivity index (χ2n) is 16.8. The Hall–Kier alpha value is -2.06. The average Bonchev–Trinajstić information content (AvgIpc) is 3.17. The average molecular weight is 613 g/mol. The van der Waals surface area contributed by atoms with Crippen LogP contribution in [0.1, 0.15) is 81.1 Å². The molecule has 0 bridgehead atoms. The molecule has 0 aromatic heterocycles. The second-order valence-corrected chi connectivity index (χ2v) is 21.2. The summed E-state index contributed by atoms with van der Waals surface area (Å²) in [5.74, 6) is -1.33. The number of hydrogen-bond donors (Lipinski definition) is 0. The van der Waals surface area contributed by atoms with Crippen LogP contribution in [0.2, 0.25) is 19.6 Å². The summed E-state index contributed by atoms with van der Waals surface area (Å²) in [6.07, 6.45) is 8.41. The van der Waals surface area contributed by atoms with Crippen LogP contribution < -0.4 is 0 Å². The van der Waals surface area contributed by atoms with Gasteiger partial charge in [-0.1, -0.05) is 60.1 Å². The number of ether oxygens (including phenoxy) is 2. The normalized spacial score (nSPS) is 41.0. The van der Waals surface area contributed by atoms with Crippen molar-refractivity contribution in [3.63, 3.8) is 0 Å². The molecule has 238 valence electrons. The fraction of sp³-hybridized carbons (Fsp3) is 0.771. The molecule has 8 atom stereocenters. The number of rotatable bonds is 7. The zero-order valence-electron chi connectivity index (χ0n) is 28.1. The third-order valence-corrected chi connectivity index (χ3v) is 13.9. The molecule has 0 aromatic carbocycles. The van der Waals surface area contributed by atoms with Gasteiger partial charge in [0.2, 0.25) is 5.78 Å². The first-order valence-electron chi connectivity index (χ1n) is 16.1.